The number of amides is 3. The van der Waals surface area contributed by atoms with Crippen molar-refractivity contribution in [3.05, 3.63) is 10.6 Å². The SMILES string of the molecule is CC1(C)CCc2sc(NC(=O)NC3CCCCNC3=O)nc21. The smallest absolute Gasteiger partial charge is 0.321 e. The number of fused-ring (bicyclic) bond motifs is 1. The lowest BCUT2D eigenvalue weighted by atomic mass is 9.91. The maximum Gasteiger partial charge on any atom is 0.321 e. The van der Waals surface area contributed by atoms with E-state index in [0.29, 0.717) is 18.1 Å². The number of nitrogens with one attached hydrogen (secondary N) is 3. The van der Waals surface area contributed by atoms with E-state index in [1.165, 1.54) is 16.2 Å². The van der Waals surface area contributed by atoms with Crippen LogP contribution in [0.3, 0.4) is 0 Å². The molecule has 1 aliphatic heterocycles. The fourth-order valence-corrected chi connectivity index (χ4v) is 4.15. The molecule has 22 heavy (non-hydrogen) atoms. The van der Waals surface area contributed by atoms with Crippen molar-refractivity contribution in [1.82, 2.24) is 15.6 Å². The molecule has 0 aromatic carbocycles. The normalized spacial score (nSPS) is 23.4. The Morgan fingerprint density at radius 3 is 3.00 bits per heavy atom. The number of nitrogens with zero attached hydrogens (tertiary/aromatic N) is 1. The van der Waals surface area contributed by atoms with Crippen molar-refractivity contribution in [2.75, 3.05) is 11.9 Å². The zero-order valence-corrected chi connectivity index (χ0v) is 13.8. The molecule has 2 heterocycles. The largest absolute Gasteiger partial charge is 0.354 e. The van der Waals surface area contributed by atoms with Gasteiger partial charge in [0.25, 0.3) is 0 Å². The highest BCUT2D eigenvalue weighted by molar-refractivity contribution is 7.16. The Kier molecular flexibility index (Phi) is 4.08. The second kappa shape index (κ2) is 5.87. The molecule has 1 unspecified atom stereocenters. The van der Waals surface area contributed by atoms with Gasteiger partial charge in [-0.2, -0.15) is 0 Å². The fraction of sp³-hybridized carbons (Fsp3) is 0.667. The lowest BCUT2D eigenvalue weighted by molar-refractivity contribution is -0.122. The zero-order valence-electron chi connectivity index (χ0n) is 13.0. The summed E-state index contributed by atoms with van der Waals surface area (Å²) in [6.45, 7) is 5.05. The number of carbonyl (C=O) groups excluding carboxylic acids is 2. The molecule has 3 rings (SSSR count). The van der Waals surface area contributed by atoms with E-state index < -0.39 is 6.04 Å². The second-order valence-electron chi connectivity index (χ2n) is 6.61. The quantitative estimate of drug-likeness (QED) is 0.780. The number of urea groups is 1. The standard InChI is InChI=1S/C15H22N4O2S/c1-15(2)7-6-10-11(15)18-14(22-10)19-13(21)17-9-5-3-4-8-16-12(9)20/h9H,3-8H2,1-2H3,(H,16,20)(H2,17,18,19,21). The Balaban J connectivity index is 1.61. The molecule has 0 saturated carbocycles. The van der Waals surface area contributed by atoms with Crippen molar-refractivity contribution in [2.45, 2.75) is 57.4 Å². The topological polar surface area (TPSA) is 83.1 Å². The van der Waals surface area contributed by atoms with Crippen molar-refractivity contribution in [1.29, 1.82) is 0 Å². The van der Waals surface area contributed by atoms with Crippen molar-refractivity contribution < 1.29 is 9.59 Å². The minimum absolute atomic E-state index is 0.0867. The van der Waals surface area contributed by atoms with Gasteiger partial charge in [0.2, 0.25) is 5.91 Å². The number of thiazole rings is 1. The molecule has 1 saturated heterocycles. The van der Waals surface area contributed by atoms with Crippen LogP contribution in [0.1, 0.15) is 50.1 Å². The summed E-state index contributed by atoms with van der Waals surface area (Å²) in [5.74, 6) is -0.101. The van der Waals surface area contributed by atoms with Crippen LogP contribution in [0.5, 0.6) is 0 Å². The number of aromatic nitrogens is 1. The predicted octanol–water partition coefficient (Wildman–Crippen LogP) is 2.16. The minimum Gasteiger partial charge on any atom is -0.354 e. The van der Waals surface area contributed by atoms with E-state index in [9.17, 15) is 9.59 Å². The molecule has 0 radical (unpaired) electrons. The van der Waals surface area contributed by atoms with E-state index in [1.807, 2.05) is 0 Å². The van der Waals surface area contributed by atoms with Crippen LogP contribution in [0.15, 0.2) is 0 Å². The van der Waals surface area contributed by atoms with Crippen molar-refractivity contribution in [3.8, 4) is 0 Å². The van der Waals surface area contributed by atoms with Gasteiger partial charge in [-0.1, -0.05) is 13.8 Å². The van der Waals surface area contributed by atoms with Gasteiger partial charge in [-0.15, -0.1) is 11.3 Å². The van der Waals surface area contributed by atoms with Gasteiger partial charge in [0.1, 0.15) is 6.04 Å². The summed E-state index contributed by atoms with van der Waals surface area (Å²) in [6, 6.07) is -0.807. The number of rotatable bonds is 2. The molecule has 1 aromatic heterocycles. The summed E-state index contributed by atoms with van der Waals surface area (Å²) in [7, 11) is 0. The maximum atomic E-state index is 12.1. The highest BCUT2D eigenvalue weighted by Gasteiger charge is 2.34. The summed E-state index contributed by atoms with van der Waals surface area (Å²) in [5.41, 5.74) is 1.18. The molecule has 1 aromatic rings. The van der Waals surface area contributed by atoms with Crippen LogP contribution in [0.2, 0.25) is 0 Å². The molecule has 2 aliphatic rings. The van der Waals surface area contributed by atoms with Gasteiger partial charge in [-0.05, 0) is 32.1 Å². The Morgan fingerprint density at radius 1 is 1.41 bits per heavy atom. The van der Waals surface area contributed by atoms with Crippen LogP contribution in [-0.2, 0) is 16.6 Å². The number of aryl methyl sites for hydroxylation is 1. The first-order chi connectivity index (χ1) is 10.5. The molecule has 3 amide bonds. The minimum atomic E-state index is -0.453. The summed E-state index contributed by atoms with van der Waals surface area (Å²) in [6.07, 6.45) is 4.70. The van der Waals surface area contributed by atoms with Crippen LogP contribution in [0.4, 0.5) is 9.93 Å². The number of anilines is 1. The monoisotopic (exact) mass is 322 g/mol. The average Bonchev–Trinajstić information content (AvgIpc) is 2.90. The zero-order chi connectivity index (χ0) is 15.7. The third-order valence-corrected chi connectivity index (χ3v) is 5.41. The number of hydrogen-bond acceptors (Lipinski definition) is 4. The van der Waals surface area contributed by atoms with Crippen LogP contribution < -0.4 is 16.0 Å². The van der Waals surface area contributed by atoms with Gasteiger partial charge in [0, 0.05) is 16.8 Å². The number of hydrogen-bond donors (Lipinski definition) is 3. The highest BCUT2D eigenvalue weighted by atomic mass is 32.1. The van der Waals surface area contributed by atoms with E-state index in [1.54, 1.807) is 0 Å². The summed E-state index contributed by atoms with van der Waals surface area (Å²) in [4.78, 5) is 29.7. The van der Waals surface area contributed by atoms with E-state index in [-0.39, 0.29) is 17.4 Å². The van der Waals surface area contributed by atoms with E-state index in [4.69, 9.17) is 0 Å². The van der Waals surface area contributed by atoms with Gasteiger partial charge in [0.05, 0.1) is 5.69 Å². The molecule has 1 aliphatic carbocycles. The van der Waals surface area contributed by atoms with Gasteiger partial charge in [0.15, 0.2) is 5.13 Å². The van der Waals surface area contributed by atoms with Crippen LogP contribution >= 0.6 is 11.3 Å². The van der Waals surface area contributed by atoms with Crippen molar-refractivity contribution in [3.63, 3.8) is 0 Å². The molecule has 1 atom stereocenters. The summed E-state index contributed by atoms with van der Waals surface area (Å²) < 4.78 is 0. The van der Waals surface area contributed by atoms with Crippen molar-refractivity contribution in [2.24, 2.45) is 0 Å². The first kappa shape index (κ1) is 15.3. The van der Waals surface area contributed by atoms with Crippen LogP contribution in [0.25, 0.3) is 0 Å². The van der Waals surface area contributed by atoms with Crippen molar-refractivity contribution >= 4 is 28.4 Å². The Morgan fingerprint density at radius 2 is 2.23 bits per heavy atom. The predicted molar refractivity (Wildman–Crippen MR) is 86.3 cm³/mol. The van der Waals surface area contributed by atoms with E-state index in [0.717, 1.165) is 31.4 Å². The number of carbonyl (C=O) groups is 2. The average molecular weight is 322 g/mol. The first-order valence-electron chi connectivity index (χ1n) is 7.81. The second-order valence-corrected chi connectivity index (χ2v) is 7.70. The molecule has 6 nitrogen and oxygen atoms in total. The fourth-order valence-electron chi connectivity index (χ4n) is 3.02. The molecule has 7 heteroatoms. The lowest BCUT2D eigenvalue weighted by Gasteiger charge is -2.16. The van der Waals surface area contributed by atoms with Crippen LogP contribution in [0, 0.1) is 0 Å². The first-order valence-corrected chi connectivity index (χ1v) is 8.63. The molecular weight excluding hydrogens is 300 g/mol. The van der Waals surface area contributed by atoms with Gasteiger partial charge < -0.3 is 10.6 Å². The third kappa shape index (κ3) is 3.09. The molecule has 0 spiro atoms. The summed E-state index contributed by atoms with van der Waals surface area (Å²) >= 11 is 1.54. The molecule has 120 valence electrons. The van der Waals surface area contributed by atoms with E-state index >= 15 is 0 Å². The maximum absolute atomic E-state index is 12.1. The highest BCUT2D eigenvalue weighted by Crippen LogP contribution is 2.41. The van der Waals surface area contributed by atoms with Gasteiger partial charge in [-0.3, -0.25) is 10.1 Å². The van der Waals surface area contributed by atoms with E-state index in [2.05, 4.69) is 34.8 Å². The summed E-state index contributed by atoms with van der Waals surface area (Å²) in [5, 5.41) is 8.95. The van der Waals surface area contributed by atoms with Gasteiger partial charge in [-0.25, -0.2) is 9.78 Å². The van der Waals surface area contributed by atoms with Crippen LogP contribution in [-0.4, -0.2) is 29.5 Å². The molecule has 1 fully saturated rings. The third-order valence-electron chi connectivity index (χ3n) is 4.38. The molecule has 3 N–H and O–H groups in total. The lowest BCUT2D eigenvalue weighted by Crippen LogP contribution is -2.47. The Hall–Kier alpha value is -1.63. The Labute approximate surface area is 134 Å². The Bertz CT molecular complexity index is 596. The molecular formula is C15H22N4O2S. The molecule has 0 bridgehead atoms. The van der Waals surface area contributed by atoms with Gasteiger partial charge >= 0.3 is 6.03 Å².